The molecule has 2 rings (SSSR count). The third-order valence-corrected chi connectivity index (χ3v) is 4.54. The molecular formula is C20H29N7O3. The van der Waals surface area contributed by atoms with Crippen LogP contribution in [-0.4, -0.2) is 58.2 Å². The summed E-state index contributed by atoms with van der Waals surface area (Å²) in [6.45, 7) is 1.98. The van der Waals surface area contributed by atoms with Gasteiger partial charge in [-0.1, -0.05) is 26.2 Å². The zero-order chi connectivity index (χ0) is 21.9. The zero-order valence-corrected chi connectivity index (χ0v) is 17.6. The standard InChI is InChI=1S/C20H29N7O3/c1-4-5-6-8-16(13-27(30)14-28)19(29)24-25-20-22-12-17(26(2)3)18(23-20)15-9-7-10-21-11-15/h7,9-12,14,16,30H,4-6,8,13H2,1-3H3,(H,24,29)(H,22,23,25)/t16-/m1/s1. The monoisotopic (exact) mass is 415 g/mol. The van der Waals surface area contributed by atoms with E-state index in [0.29, 0.717) is 17.2 Å². The number of pyridine rings is 1. The van der Waals surface area contributed by atoms with Crippen molar-refractivity contribution < 1.29 is 14.8 Å². The Morgan fingerprint density at radius 1 is 1.30 bits per heavy atom. The van der Waals surface area contributed by atoms with Gasteiger partial charge in [-0.2, -0.15) is 0 Å². The second-order valence-corrected chi connectivity index (χ2v) is 7.10. The summed E-state index contributed by atoms with van der Waals surface area (Å²) < 4.78 is 0. The van der Waals surface area contributed by atoms with E-state index in [9.17, 15) is 14.8 Å². The molecule has 0 spiro atoms. The van der Waals surface area contributed by atoms with Gasteiger partial charge < -0.3 is 4.90 Å². The molecule has 30 heavy (non-hydrogen) atoms. The third-order valence-electron chi connectivity index (χ3n) is 4.54. The number of hydroxylamine groups is 2. The van der Waals surface area contributed by atoms with E-state index in [4.69, 9.17) is 0 Å². The second-order valence-electron chi connectivity index (χ2n) is 7.10. The number of hydrogen-bond acceptors (Lipinski definition) is 8. The molecular weight excluding hydrogens is 386 g/mol. The Labute approximate surface area is 176 Å². The van der Waals surface area contributed by atoms with Crippen molar-refractivity contribution in [3.63, 3.8) is 0 Å². The number of hydrazine groups is 1. The minimum atomic E-state index is -0.557. The minimum Gasteiger partial charge on any atom is -0.375 e. The molecule has 2 heterocycles. The highest BCUT2D eigenvalue weighted by Gasteiger charge is 2.21. The van der Waals surface area contributed by atoms with Gasteiger partial charge in [-0.05, 0) is 18.6 Å². The minimum absolute atomic E-state index is 0.0813. The lowest BCUT2D eigenvalue weighted by molar-refractivity contribution is -0.154. The summed E-state index contributed by atoms with van der Waals surface area (Å²) in [5.74, 6) is -0.690. The number of nitrogens with zero attached hydrogens (tertiary/aromatic N) is 5. The number of carbonyl (C=O) groups excluding carboxylic acids is 2. The molecule has 0 aliphatic carbocycles. The first-order valence-corrected chi connectivity index (χ1v) is 9.87. The van der Waals surface area contributed by atoms with Gasteiger partial charge in [0.1, 0.15) is 5.69 Å². The summed E-state index contributed by atoms with van der Waals surface area (Å²) in [6.07, 6.45) is 8.67. The molecule has 0 unspecified atom stereocenters. The van der Waals surface area contributed by atoms with E-state index in [1.54, 1.807) is 18.6 Å². The Balaban J connectivity index is 2.12. The predicted octanol–water partition coefficient (Wildman–Crippen LogP) is 2.09. The molecule has 10 heteroatoms. The van der Waals surface area contributed by atoms with Crippen LogP contribution in [0.4, 0.5) is 11.6 Å². The Bertz CT molecular complexity index is 817. The number of nitrogens with one attached hydrogen (secondary N) is 2. The van der Waals surface area contributed by atoms with Crippen LogP contribution < -0.4 is 15.8 Å². The van der Waals surface area contributed by atoms with Crippen LogP contribution in [0.15, 0.2) is 30.7 Å². The highest BCUT2D eigenvalue weighted by Crippen LogP contribution is 2.27. The Morgan fingerprint density at radius 3 is 2.73 bits per heavy atom. The van der Waals surface area contributed by atoms with Gasteiger partial charge in [-0.15, -0.1) is 0 Å². The number of aromatic nitrogens is 3. The summed E-state index contributed by atoms with van der Waals surface area (Å²) in [5.41, 5.74) is 7.61. The Hall–Kier alpha value is -3.27. The molecule has 2 aromatic rings. The lowest BCUT2D eigenvalue weighted by Gasteiger charge is -2.20. The molecule has 0 saturated carbocycles. The van der Waals surface area contributed by atoms with Crippen LogP contribution in [-0.2, 0) is 9.59 Å². The summed E-state index contributed by atoms with van der Waals surface area (Å²) in [4.78, 5) is 38.1. The highest BCUT2D eigenvalue weighted by molar-refractivity contribution is 5.80. The van der Waals surface area contributed by atoms with E-state index in [0.717, 1.165) is 30.5 Å². The maximum atomic E-state index is 12.6. The highest BCUT2D eigenvalue weighted by atomic mass is 16.5. The van der Waals surface area contributed by atoms with Gasteiger partial charge in [0.2, 0.25) is 18.3 Å². The van der Waals surface area contributed by atoms with Crippen molar-refractivity contribution >= 4 is 24.0 Å². The fourth-order valence-corrected chi connectivity index (χ4v) is 2.91. The first-order chi connectivity index (χ1) is 14.5. The topological polar surface area (TPSA) is 124 Å². The quantitative estimate of drug-likeness (QED) is 0.208. The molecule has 2 aromatic heterocycles. The third kappa shape index (κ3) is 6.66. The van der Waals surface area contributed by atoms with Crippen molar-refractivity contribution in [2.75, 3.05) is 31.0 Å². The van der Waals surface area contributed by atoms with Gasteiger partial charge >= 0.3 is 0 Å². The fraction of sp³-hybridized carbons (Fsp3) is 0.450. The van der Waals surface area contributed by atoms with Crippen LogP contribution >= 0.6 is 0 Å². The van der Waals surface area contributed by atoms with Crippen molar-refractivity contribution in [2.24, 2.45) is 5.92 Å². The van der Waals surface area contributed by atoms with E-state index >= 15 is 0 Å². The molecule has 0 saturated heterocycles. The molecule has 3 N–H and O–H groups in total. The normalized spacial score (nSPS) is 11.5. The van der Waals surface area contributed by atoms with Crippen LogP contribution in [0.25, 0.3) is 11.3 Å². The number of unbranched alkanes of at least 4 members (excludes halogenated alkanes) is 2. The molecule has 162 valence electrons. The summed E-state index contributed by atoms with van der Waals surface area (Å²) in [6, 6.07) is 3.71. The molecule has 0 fully saturated rings. The average molecular weight is 415 g/mol. The maximum absolute atomic E-state index is 12.6. The Morgan fingerprint density at radius 2 is 2.10 bits per heavy atom. The van der Waals surface area contributed by atoms with Crippen molar-refractivity contribution in [2.45, 2.75) is 32.6 Å². The van der Waals surface area contributed by atoms with Gasteiger partial charge in [0.15, 0.2) is 0 Å². The van der Waals surface area contributed by atoms with E-state index in [2.05, 4.69) is 32.7 Å². The van der Waals surface area contributed by atoms with Gasteiger partial charge in [0.05, 0.1) is 24.3 Å². The molecule has 1 atom stereocenters. The van der Waals surface area contributed by atoms with E-state index in [1.165, 1.54) is 0 Å². The van der Waals surface area contributed by atoms with Gasteiger partial charge in [0, 0.05) is 32.1 Å². The van der Waals surface area contributed by atoms with Crippen molar-refractivity contribution in [1.29, 1.82) is 0 Å². The summed E-state index contributed by atoms with van der Waals surface area (Å²) in [7, 11) is 3.78. The number of carbonyl (C=O) groups is 2. The lowest BCUT2D eigenvalue weighted by Crippen LogP contribution is -2.40. The smallest absolute Gasteiger partial charge is 0.243 e. The van der Waals surface area contributed by atoms with Crippen LogP contribution in [0.5, 0.6) is 0 Å². The van der Waals surface area contributed by atoms with Crippen LogP contribution in [0.1, 0.15) is 32.6 Å². The molecule has 0 aliphatic heterocycles. The van der Waals surface area contributed by atoms with Gasteiger partial charge in [-0.3, -0.25) is 30.6 Å². The molecule has 10 nitrogen and oxygen atoms in total. The zero-order valence-electron chi connectivity index (χ0n) is 17.6. The van der Waals surface area contributed by atoms with Gasteiger partial charge in [0.25, 0.3) is 0 Å². The fourth-order valence-electron chi connectivity index (χ4n) is 2.91. The van der Waals surface area contributed by atoms with Crippen LogP contribution in [0.2, 0.25) is 0 Å². The molecule has 0 aromatic carbocycles. The van der Waals surface area contributed by atoms with Crippen molar-refractivity contribution in [3.05, 3.63) is 30.7 Å². The predicted molar refractivity (Wildman–Crippen MR) is 114 cm³/mol. The summed E-state index contributed by atoms with van der Waals surface area (Å²) in [5, 5.41) is 9.98. The number of rotatable bonds is 12. The van der Waals surface area contributed by atoms with Crippen molar-refractivity contribution in [3.8, 4) is 11.3 Å². The average Bonchev–Trinajstić information content (AvgIpc) is 2.77. The summed E-state index contributed by atoms with van der Waals surface area (Å²) >= 11 is 0. The lowest BCUT2D eigenvalue weighted by atomic mass is 10.0. The van der Waals surface area contributed by atoms with Crippen molar-refractivity contribution in [1.82, 2.24) is 25.4 Å². The van der Waals surface area contributed by atoms with E-state index in [1.807, 2.05) is 31.1 Å². The molecule has 2 amide bonds. The maximum Gasteiger partial charge on any atom is 0.243 e. The molecule has 0 radical (unpaired) electrons. The van der Waals surface area contributed by atoms with E-state index < -0.39 is 5.92 Å². The second kappa shape index (κ2) is 11.7. The van der Waals surface area contributed by atoms with Crippen LogP contribution in [0.3, 0.4) is 0 Å². The van der Waals surface area contributed by atoms with Crippen LogP contribution in [0, 0.1) is 5.92 Å². The first kappa shape index (κ1) is 23.0. The molecule has 0 aliphatic rings. The largest absolute Gasteiger partial charge is 0.375 e. The number of hydrogen-bond donors (Lipinski definition) is 3. The van der Waals surface area contributed by atoms with E-state index in [-0.39, 0.29) is 24.8 Å². The first-order valence-electron chi connectivity index (χ1n) is 9.87. The number of anilines is 2. The Kier molecular flexibility index (Phi) is 8.95. The number of amides is 2. The SMILES string of the molecule is CCCCC[C@H](CN(O)C=O)C(=O)NNc1ncc(N(C)C)c(-c2cccnc2)n1. The molecule has 0 bridgehead atoms. The van der Waals surface area contributed by atoms with Gasteiger partial charge in [-0.25, -0.2) is 15.0 Å².